The number of benzene rings is 1. The summed E-state index contributed by atoms with van der Waals surface area (Å²) in [5, 5.41) is 2.96. The highest BCUT2D eigenvalue weighted by Crippen LogP contribution is 2.35. The normalized spacial score (nSPS) is 20.0. The molecule has 0 bridgehead atoms. The number of carbonyl (C=O) groups is 2. The molecule has 0 saturated carbocycles. The smallest absolute Gasteiger partial charge is 0.258 e. The average molecular weight is 373 g/mol. The lowest BCUT2D eigenvalue weighted by Gasteiger charge is -2.41. The highest BCUT2D eigenvalue weighted by Gasteiger charge is 2.43. The number of hydrogen-bond acceptors (Lipinski definition) is 4. The minimum atomic E-state index is -0.440. The van der Waals surface area contributed by atoms with Crippen LogP contribution in [0.2, 0.25) is 0 Å². The fourth-order valence-corrected chi connectivity index (χ4v) is 3.80. The van der Waals surface area contributed by atoms with E-state index in [9.17, 15) is 9.59 Å². The summed E-state index contributed by atoms with van der Waals surface area (Å²) in [5.74, 6) is 0.359. The van der Waals surface area contributed by atoms with Crippen molar-refractivity contribution in [1.29, 1.82) is 0 Å². The van der Waals surface area contributed by atoms with Crippen LogP contribution < -0.4 is 10.1 Å². The zero-order valence-electron chi connectivity index (χ0n) is 17.1. The Hall–Kier alpha value is -2.08. The number of nitrogens with one attached hydrogen (secondary N) is 1. The second-order valence-electron chi connectivity index (χ2n) is 9.05. The van der Waals surface area contributed by atoms with E-state index in [4.69, 9.17) is 4.74 Å². The lowest BCUT2D eigenvalue weighted by atomic mass is 9.90. The lowest BCUT2D eigenvalue weighted by Crippen LogP contribution is -2.55. The Morgan fingerprint density at radius 2 is 1.93 bits per heavy atom. The number of hydrogen-bond donors (Lipinski definition) is 1. The van der Waals surface area contributed by atoms with Crippen LogP contribution in [0.1, 0.15) is 49.5 Å². The maximum atomic E-state index is 13.2. The van der Waals surface area contributed by atoms with E-state index < -0.39 is 5.60 Å². The molecule has 6 nitrogen and oxygen atoms in total. The van der Waals surface area contributed by atoms with Gasteiger partial charge in [-0.1, -0.05) is 11.6 Å². The van der Waals surface area contributed by atoms with E-state index in [0.717, 1.165) is 31.5 Å². The van der Waals surface area contributed by atoms with Crippen LogP contribution in [0, 0.1) is 6.92 Å². The Morgan fingerprint density at radius 1 is 1.26 bits per heavy atom. The first-order chi connectivity index (χ1) is 12.6. The van der Waals surface area contributed by atoms with Crippen molar-refractivity contribution >= 4 is 11.8 Å². The number of fused-ring (bicyclic) bond motifs is 1. The predicted molar refractivity (Wildman–Crippen MR) is 105 cm³/mol. The molecule has 1 fully saturated rings. The molecule has 27 heavy (non-hydrogen) atoms. The van der Waals surface area contributed by atoms with E-state index in [1.165, 1.54) is 0 Å². The molecule has 2 aliphatic heterocycles. The van der Waals surface area contributed by atoms with Crippen LogP contribution in [0.3, 0.4) is 0 Å². The summed E-state index contributed by atoms with van der Waals surface area (Å²) in [6.45, 7) is 10.1. The van der Waals surface area contributed by atoms with Gasteiger partial charge in [0, 0.05) is 31.5 Å². The van der Waals surface area contributed by atoms with Gasteiger partial charge in [0.1, 0.15) is 17.9 Å². The number of likely N-dealkylation sites (tertiary alicyclic amines) is 1. The van der Waals surface area contributed by atoms with Crippen LogP contribution in [0.5, 0.6) is 5.75 Å². The van der Waals surface area contributed by atoms with Gasteiger partial charge in [-0.25, -0.2) is 0 Å². The molecule has 148 valence electrons. The van der Waals surface area contributed by atoms with Crippen LogP contribution in [-0.2, 0) is 4.79 Å². The molecule has 6 heteroatoms. The Balaban J connectivity index is 1.92. The number of aryl methyl sites for hydroxylation is 1. The number of piperidine rings is 1. The number of carbonyl (C=O) groups excluding carboxylic acids is 2. The molecule has 1 N–H and O–H groups in total. The third kappa shape index (κ3) is 4.61. The van der Waals surface area contributed by atoms with Gasteiger partial charge in [-0.15, -0.1) is 0 Å². The molecule has 1 aromatic rings. The van der Waals surface area contributed by atoms with Crippen molar-refractivity contribution in [1.82, 2.24) is 15.1 Å². The molecule has 0 aliphatic carbocycles. The van der Waals surface area contributed by atoms with Crippen LogP contribution >= 0.6 is 0 Å². The van der Waals surface area contributed by atoms with Crippen molar-refractivity contribution in [2.24, 2.45) is 0 Å². The summed E-state index contributed by atoms with van der Waals surface area (Å²) in [6, 6.07) is 5.72. The van der Waals surface area contributed by atoms with Gasteiger partial charge in [0.05, 0.1) is 12.1 Å². The first-order valence-electron chi connectivity index (χ1n) is 9.65. The van der Waals surface area contributed by atoms with Gasteiger partial charge in [0.2, 0.25) is 5.91 Å². The second kappa shape index (κ2) is 7.15. The van der Waals surface area contributed by atoms with E-state index in [-0.39, 0.29) is 23.9 Å². The molecular weight excluding hydrogens is 342 g/mol. The standard InChI is InChI=1S/C21H31N3O3/c1-15-6-7-17-16(12-15)19(26)24(13-18(25)22-20(2,3)4)14-21(27-17)8-10-23(5)11-9-21/h6-7,12H,8-11,13-14H2,1-5H3,(H,22,25). The third-order valence-electron chi connectivity index (χ3n) is 5.21. The number of amides is 2. The molecule has 2 amide bonds. The van der Waals surface area contributed by atoms with Crippen molar-refractivity contribution in [2.75, 3.05) is 33.2 Å². The molecule has 2 heterocycles. The topological polar surface area (TPSA) is 61.9 Å². The van der Waals surface area contributed by atoms with Gasteiger partial charge >= 0.3 is 0 Å². The highest BCUT2D eigenvalue weighted by atomic mass is 16.5. The molecule has 1 saturated heterocycles. The molecule has 1 spiro atoms. The summed E-state index contributed by atoms with van der Waals surface area (Å²) in [5.41, 5.74) is 0.783. The van der Waals surface area contributed by atoms with Gasteiger partial charge < -0.3 is 19.9 Å². The van der Waals surface area contributed by atoms with Crippen LogP contribution in [0.25, 0.3) is 0 Å². The average Bonchev–Trinajstić information content (AvgIpc) is 2.66. The van der Waals surface area contributed by atoms with Gasteiger partial charge in [0.25, 0.3) is 5.91 Å². The molecule has 3 rings (SSSR count). The fraction of sp³-hybridized carbons (Fsp3) is 0.619. The van der Waals surface area contributed by atoms with Crippen molar-refractivity contribution < 1.29 is 14.3 Å². The monoisotopic (exact) mass is 373 g/mol. The Labute approximate surface area is 161 Å². The zero-order valence-corrected chi connectivity index (χ0v) is 17.1. The summed E-state index contributed by atoms with van der Waals surface area (Å²) in [4.78, 5) is 29.7. The van der Waals surface area contributed by atoms with Gasteiger partial charge in [0.15, 0.2) is 0 Å². The molecular formula is C21H31N3O3. The molecule has 0 unspecified atom stereocenters. The third-order valence-corrected chi connectivity index (χ3v) is 5.21. The Morgan fingerprint density at radius 3 is 2.56 bits per heavy atom. The van der Waals surface area contributed by atoms with Crippen molar-refractivity contribution in [3.63, 3.8) is 0 Å². The Bertz CT molecular complexity index is 731. The summed E-state index contributed by atoms with van der Waals surface area (Å²) in [7, 11) is 2.10. The van der Waals surface area contributed by atoms with Crippen molar-refractivity contribution in [2.45, 2.75) is 51.7 Å². The Kier molecular flexibility index (Phi) is 5.21. The SMILES string of the molecule is Cc1ccc2c(c1)C(=O)N(CC(=O)NC(C)(C)C)CC1(CCN(C)CC1)O2. The molecule has 2 aliphatic rings. The zero-order chi connectivity index (χ0) is 19.8. The largest absolute Gasteiger partial charge is 0.484 e. The quantitative estimate of drug-likeness (QED) is 0.863. The second-order valence-corrected chi connectivity index (χ2v) is 9.05. The number of rotatable bonds is 2. The minimum Gasteiger partial charge on any atom is -0.484 e. The summed E-state index contributed by atoms with van der Waals surface area (Å²) >= 11 is 0. The van der Waals surface area contributed by atoms with Gasteiger partial charge in [-0.2, -0.15) is 0 Å². The molecule has 0 atom stereocenters. The van der Waals surface area contributed by atoms with Gasteiger partial charge in [-0.3, -0.25) is 9.59 Å². The summed E-state index contributed by atoms with van der Waals surface area (Å²) in [6.07, 6.45) is 1.67. The maximum absolute atomic E-state index is 13.2. The van der Waals surface area contributed by atoms with Crippen LogP contribution in [0.15, 0.2) is 18.2 Å². The first-order valence-corrected chi connectivity index (χ1v) is 9.65. The van der Waals surface area contributed by atoms with E-state index in [0.29, 0.717) is 17.9 Å². The van der Waals surface area contributed by atoms with Crippen molar-refractivity contribution in [3.8, 4) is 5.75 Å². The van der Waals surface area contributed by atoms with E-state index in [1.807, 2.05) is 45.9 Å². The minimum absolute atomic E-state index is 0.0461. The number of nitrogens with zero attached hydrogens (tertiary/aromatic N) is 2. The molecule has 0 aromatic heterocycles. The summed E-state index contributed by atoms with van der Waals surface area (Å²) < 4.78 is 6.45. The van der Waals surface area contributed by atoms with E-state index in [1.54, 1.807) is 4.90 Å². The first kappa shape index (κ1) is 19.7. The molecule has 1 aromatic carbocycles. The van der Waals surface area contributed by atoms with Crippen LogP contribution in [0.4, 0.5) is 0 Å². The lowest BCUT2D eigenvalue weighted by molar-refractivity contribution is -0.123. The van der Waals surface area contributed by atoms with E-state index in [2.05, 4.69) is 17.3 Å². The van der Waals surface area contributed by atoms with E-state index >= 15 is 0 Å². The van der Waals surface area contributed by atoms with Gasteiger partial charge in [-0.05, 0) is 46.9 Å². The maximum Gasteiger partial charge on any atom is 0.258 e. The van der Waals surface area contributed by atoms with Crippen LogP contribution in [-0.4, -0.2) is 66.0 Å². The van der Waals surface area contributed by atoms with Crippen molar-refractivity contribution in [3.05, 3.63) is 29.3 Å². The predicted octanol–water partition coefficient (Wildman–Crippen LogP) is 2.21. The number of ether oxygens (including phenoxy) is 1. The molecule has 0 radical (unpaired) electrons. The fourth-order valence-electron chi connectivity index (χ4n) is 3.80. The highest BCUT2D eigenvalue weighted by molar-refractivity contribution is 5.99.